The lowest BCUT2D eigenvalue weighted by Gasteiger charge is -2.10. The van der Waals surface area contributed by atoms with Crippen LogP contribution in [0, 0.1) is 11.3 Å². The molecule has 0 fully saturated rings. The average Bonchev–Trinajstić information content (AvgIpc) is 2.46. The van der Waals surface area contributed by atoms with Crippen molar-refractivity contribution >= 4 is 11.4 Å². The van der Waals surface area contributed by atoms with Crippen LogP contribution in [0.25, 0.3) is 0 Å². The van der Waals surface area contributed by atoms with Crippen LogP contribution < -0.4 is 11.1 Å². The van der Waals surface area contributed by atoms with Crippen molar-refractivity contribution in [2.75, 3.05) is 11.1 Å². The Morgan fingerprint density at radius 2 is 1.89 bits per heavy atom. The third kappa shape index (κ3) is 3.03. The molecule has 19 heavy (non-hydrogen) atoms. The molecule has 0 unspecified atom stereocenters. The monoisotopic (exact) mass is 253 g/mol. The molecule has 0 atom stereocenters. The second-order valence-corrected chi connectivity index (χ2v) is 4.21. The van der Waals surface area contributed by atoms with Crippen LogP contribution in [0.4, 0.5) is 11.4 Å². The summed E-state index contributed by atoms with van der Waals surface area (Å²) in [4.78, 5) is 0. The number of nitriles is 1. The smallest absolute Gasteiger partial charge is 0.101 e. The minimum absolute atomic E-state index is 0.0277. The first-order valence-electron chi connectivity index (χ1n) is 5.95. The predicted molar refractivity (Wildman–Crippen MR) is 75.3 cm³/mol. The highest BCUT2D eigenvalue weighted by molar-refractivity contribution is 5.72. The Morgan fingerprint density at radius 3 is 2.63 bits per heavy atom. The molecule has 0 radical (unpaired) electrons. The van der Waals surface area contributed by atoms with Gasteiger partial charge in [-0.25, -0.2) is 0 Å². The molecule has 0 aliphatic heterocycles. The van der Waals surface area contributed by atoms with E-state index in [4.69, 9.17) is 16.1 Å². The number of aliphatic hydroxyl groups is 1. The fourth-order valence-corrected chi connectivity index (χ4v) is 1.85. The summed E-state index contributed by atoms with van der Waals surface area (Å²) >= 11 is 0. The van der Waals surface area contributed by atoms with E-state index in [-0.39, 0.29) is 6.61 Å². The highest BCUT2D eigenvalue weighted by atomic mass is 16.3. The minimum atomic E-state index is 0.0277. The van der Waals surface area contributed by atoms with Crippen LogP contribution in [0.3, 0.4) is 0 Å². The Hall–Kier alpha value is -2.51. The summed E-state index contributed by atoms with van der Waals surface area (Å²) in [5, 5.41) is 21.2. The SMILES string of the molecule is N#Cc1cccc(NCc2cccc(CO)c2)c1N. The topological polar surface area (TPSA) is 82.1 Å². The first kappa shape index (κ1) is 12.9. The van der Waals surface area contributed by atoms with Gasteiger partial charge >= 0.3 is 0 Å². The third-order valence-electron chi connectivity index (χ3n) is 2.88. The number of rotatable bonds is 4. The predicted octanol–water partition coefficient (Wildman–Crippen LogP) is 2.24. The summed E-state index contributed by atoms with van der Waals surface area (Å²) in [6.45, 7) is 0.618. The van der Waals surface area contributed by atoms with Crippen LogP contribution in [0.1, 0.15) is 16.7 Å². The van der Waals surface area contributed by atoms with Gasteiger partial charge in [-0.15, -0.1) is 0 Å². The third-order valence-corrected chi connectivity index (χ3v) is 2.88. The van der Waals surface area contributed by atoms with Gasteiger partial charge in [0.25, 0.3) is 0 Å². The molecule has 0 heterocycles. The molecule has 4 heteroatoms. The molecule has 0 spiro atoms. The number of para-hydroxylation sites is 1. The van der Waals surface area contributed by atoms with E-state index in [1.165, 1.54) is 0 Å². The molecule has 4 nitrogen and oxygen atoms in total. The maximum absolute atomic E-state index is 9.08. The van der Waals surface area contributed by atoms with Crippen LogP contribution in [-0.2, 0) is 13.2 Å². The molecule has 0 saturated carbocycles. The largest absolute Gasteiger partial charge is 0.396 e. The van der Waals surface area contributed by atoms with Gasteiger partial charge in [-0.3, -0.25) is 0 Å². The number of nitrogens with zero attached hydrogens (tertiary/aromatic N) is 1. The lowest BCUT2D eigenvalue weighted by molar-refractivity contribution is 0.281. The van der Waals surface area contributed by atoms with Gasteiger partial charge in [-0.1, -0.05) is 30.3 Å². The second kappa shape index (κ2) is 5.89. The van der Waals surface area contributed by atoms with Gasteiger partial charge in [-0.2, -0.15) is 5.26 Å². The Morgan fingerprint density at radius 1 is 1.16 bits per heavy atom. The molecule has 2 rings (SSSR count). The molecule has 0 aromatic heterocycles. The Kier molecular flexibility index (Phi) is 4.01. The number of hydrogen-bond donors (Lipinski definition) is 3. The number of nitrogens with two attached hydrogens (primary N) is 1. The number of nitrogen functional groups attached to an aromatic ring is 1. The van der Waals surface area contributed by atoms with Gasteiger partial charge in [-0.05, 0) is 23.3 Å². The Bertz CT molecular complexity index is 617. The fraction of sp³-hybridized carbons (Fsp3) is 0.133. The maximum atomic E-state index is 9.08. The van der Waals surface area contributed by atoms with E-state index in [0.717, 1.165) is 16.8 Å². The molecule has 96 valence electrons. The molecule has 0 aliphatic carbocycles. The normalized spacial score (nSPS) is 9.89. The lowest BCUT2D eigenvalue weighted by atomic mass is 10.1. The first-order valence-corrected chi connectivity index (χ1v) is 5.95. The zero-order chi connectivity index (χ0) is 13.7. The lowest BCUT2D eigenvalue weighted by Crippen LogP contribution is -2.04. The molecule has 0 bridgehead atoms. The van der Waals surface area contributed by atoms with Crippen molar-refractivity contribution < 1.29 is 5.11 Å². The number of aliphatic hydroxyl groups excluding tert-OH is 1. The summed E-state index contributed by atoms with van der Waals surface area (Å²) in [7, 11) is 0. The van der Waals surface area contributed by atoms with Crippen molar-refractivity contribution in [3.8, 4) is 6.07 Å². The molecule has 0 amide bonds. The summed E-state index contributed by atoms with van der Waals surface area (Å²) in [5.41, 5.74) is 9.48. The van der Waals surface area contributed by atoms with Crippen molar-refractivity contribution in [1.29, 1.82) is 5.26 Å². The van der Waals surface area contributed by atoms with Crippen LogP contribution in [-0.4, -0.2) is 5.11 Å². The number of anilines is 2. The van der Waals surface area contributed by atoms with E-state index < -0.39 is 0 Å². The van der Waals surface area contributed by atoms with Gasteiger partial charge in [0.2, 0.25) is 0 Å². The van der Waals surface area contributed by atoms with E-state index in [1.807, 2.05) is 30.3 Å². The zero-order valence-corrected chi connectivity index (χ0v) is 10.4. The highest BCUT2D eigenvalue weighted by Gasteiger charge is 2.04. The number of nitrogens with one attached hydrogen (secondary N) is 1. The fourth-order valence-electron chi connectivity index (χ4n) is 1.85. The van der Waals surface area contributed by atoms with Gasteiger partial charge < -0.3 is 16.2 Å². The number of benzene rings is 2. The van der Waals surface area contributed by atoms with Crippen LogP contribution in [0.5, 0.6) is 0 Å². The summed E-state index contributed by atoms with van der Waals surface area (Å²) < 4.78 is 0. The molecule has 0 saturated heterocycles. The maximum Gasteiger partial charge on any atom is 0.101 e. The van der Waals surface area contributed by atoms with Crippen LogP contribution in [0.2, 0.25) is 0 Å². The average molecular weight is 253 g/mol. The quantitative estimate of drug-likeness (QED) is 0.730. The van der Waals surface area contributed by atoms with Crippen LogP contribution in [0.15, 0.2) is 42.5 Å². The van der Waals surface area contributed by atoms with Crippen molar-refractivity contribution in [2.24, 2.45) is 0 Å². The molecular formula is C15H15N3O. The zero-order valence-electron chi connectivity index (χ0n) is 10.4. The summed E-state index contributed by atoms with van der Waals surface area (Å²) in [6, 6.07) is 15.0. The first-order chi connectivity index (χ1) is 9.24. The van der Waals surface area contributed by atoms with Crippen molar-refractivity contribution in [3.05, 3.63) is 59.2 Å². The van der Waals surface area contributed by atoms with E-state index >= 15 is 0 Å². The van der Waals surface area contributed by atoms with Crippen molar-refractivity contribution in [1.82, 2.24) is 0 Å². The van der Waals surface area contributed by atoms with E-state index in [2.05, 4.69) is 11.4 Å². The van der Waals surface area contributed by atoms with E-state index in [0.29, 0.717) is 17.8 Å². The van der Waals surface area contributed by atoms with Crippen LogP contribution >= 0.6 is 0 Å². The van der Waals surface area contributed by atoms with Gasteiger partial charge in [0, 0.05) is 6.54 Å². The molecule has 2 aromatic rings. The van der Waals surface area contributed by atoms with Gasteiger partial charge in [0.1, 0.15) is 6.07 Å². The molecule has 4 N–H and O–H groups in total. The summed E-state index contributed by atoms with van der Waals surface area (Å²) in [5.74, 6) is 0. The highest BCUT2D eigenvalue weighted by Crippen LogP contribution is 2.22. The Labute approximate surface area is 112 Å². The van der Waals surface area contributed by atoms with Crippen molar-refractivity contribution in [2.45, 2.75) is 13.2 Å². The van der Waals surface area contributed by atoms with Crippen molar-refractivity contribution in [3.63, 3.8) is 0 Å². The Balaban J connectivity index is 2.12. The second-order valence-electron chi connectivity index (χ2n) is 4.21. The molecule has 0 aliphatic rings. The van der Waals surface area contributed by atoms with Gasteiger partial charge in [0.05, 0.1) is 23.5 Å². The summed E-state index contributed by atoms with van der Waals surface area (Å²) in [6.07, 6.45) is 0. The van der Waals surface area contributed by atoms with E-state index in [1.54, 1.807) is 12.1 Å². The number of hydrogen-bond acceptors (Lipinski definition) is 4. The minimum Gasteiger partial charge on any atom is -0.396 e. The molecular weight excluding hydrogens is 238 g/mol. The standard InChI is InChI=1S/C15H15N3O/c16-8-13-5-2-6-14(15(13)17)18-9-11-3-1-4-12(7-11)10-19/h1-7,18-19H,9-10,17H2. The van der Waals surface area contributed by atoms with Gasteiger partial charge in [0.15, 0.2) is 0 Å². The van der Waals surface area contributed by atoms with E-state index in [9.17, 15) is 0 Å². The molecule has 2 aromatic carbocycles.